The van der Waals surface area contributed by atoms with Gasteiger partial charge in [-0.05, 0) is 70.6 Å². The highest BCUT2D eigenvalue weighted by molar-refractivity contribution is 7.45. The molecule has 0 saturated heterocycles. The van der Waals surface area contributed by atoms with Gasteiger partial charge in [-0.15, -0.1) is 0 Å². The van der Waals surface area contributed by atoms with Crippen LogP contribution in [0.3, 0.4) is 0 Å². The van der Waals surface area contributed by atoms with Crippen LogP contribution < -0.4 is 4.89 Å². The van der Waals surface area contributed by atoms with Crippen LogP contribution >= 0.6 is 7.82 Å². The van der Waals surface area contributed by atoms with Crippen molar-refractivity contribution in [1.29, 1.82) is 0 Å². The summed E-state index contributed by atoms with van der Waals surface area (Å²) in [5.74, 6) is -0.845. The molecule has 0 aromatic rings. The number of esters is 2. The van der Waals surface area contributed by atoms with Crippen LogP contribution in [-0.4, -0.2) is 70.0 Å². The van der Waals surface area contributed by atoms with Crippen molar-refractivity contribution in [2.45, 2.75) is 213 Å². The quantitative estimate of drug-likeness (QED) is 0.0196. The third-order valence-corrected chi connectivity index (χ3v) is 11.1. The minimum atomic E-state index is -4.63. The van der Waals surface area contributed by atoms with E-state index in [-0.39, 0.29) is 26.1 Å². The Morgan fingerprint density at radius 2 is 0.931 bits per heavy atom. The largest absolute Gasteiger partial charge is 0.756 e. The molecule has 1 unspecified atom stereocenters. The molecule has 0 saturated carbocycles. The van der Waals surface area contributed by atoms with Crippen LogP contribution in [0.1, 0.15) is 206 Å². The monoisotopic (exact) mass is 840 g/mol. The van der Waals surface area contributed by atoms with E-state index < -0.39 is 32.5 Å². The molecule has 0 rings (SSSR count). The number of carbonyl (C=O) groups excluding carboxylic acids is 2. The fourth-order valence-corrected chi connectivity index (χ4v) is 7.11. The molecule has 10 heteroatoms. The fraction of sp³-hybridized carbons (Fsp3) is 0.833. The summed E-state index contributed by atoms with van der Waals surface area (Å²) in [4.78, 5) is 37.6. The number of phosphoric acid groups is 1. The second kappa shape index (κ2) is 40.6. The predicted octanol–water partition coefficient (Wildman–Crippen LogP) is 13.1. The molecule has 0 N–H and O–H groups in total. The first-order valence-corrected chi connectivity index (χ1v) is 25.2. The number of unbranched alkanes of at least 4 members (excludes halogenated alkanes) is 23. The fourth-order valence-electron chi connectivity index (χ4n) is 6.39. The van der Waals surface area contributed by atoms with E-state index in [0.717, 1.165) is 64.2 Å². The van der Waals surface area contributed by atoms with E-state index in [0.29, 0.717) is 17.4 Å². The third kappa shape index (κ3) is 43.8. The maximum absolute atomic E-state index is 12.7. The van der Waals surface area contributed by atoms with Crippen molar-refractivity contribution in [2.24, 2.45) is 0 Å². The number of hydrogen-bond donors (Lipinski definition) is 0. The summed E-state index contributed by atoms with van der Waals surface area (Å²) < 4.78 is 34.0. The average Bonchev–Trinajstić information content (AvgIpc) is 3.17. The molecule has 0 aromatic heterocycles. The summed E-state index contributed by atoms with van der Waals surface area (Å²) in [6, 6.07) is 0. The van der Waals surface area contributed by atoms with E-state index in [4.69, 9.17) is 18.5 Å². The molecule has 0 bridgehead atoms. The smallest absolute Gasteiger partial charge is 0.306 e. The molecule has 9 nitrogen and oxygen atoms in total. The summed E-state index contributed by atoms with van der Waals surface area (Å²) in [7, 11) is 1.16. The van der Waals surface area contributed by atoms with Gasteiger partial charge in [0.15, 0.2) is 6.10 Å². The Kier molecular flexibility index (Phi) is 39.4. The number of carbonyl (C=O) groups is 2. The maximum atomic E-state index is 12.7. The molecule has 0 aliphatic heterocycles. The van der Waals surface area contributed by atoms with Gasteiger partial charge < -0.3 is 27.9 Å². The molecule has 2 atom stereocenters. The van der Waals surface area contributed by atoms with Crippen molar-refractivity contribution in [3.05, 3.63) is 36.5 Å². The normalized spacial score (nSPS) is 13.8. The summed E-state index contributed by atoms with van der Waals surface area (Å²) >= 11 is 0. The third-order valence-electron chi connectivity index (χ3n) is 10.1. The summed E-state index contributed by atoms with van der Waals surface area (Å²) in [5.41, 5.74) is 0. The minimum Gasteiger partial charge on any atom is -0.756 e. The highest BCUT2D eigenvalue weighted by atomic mass is 31.2. The van der Waals surface area contributed by atoms with Gasteiger partial charge in [0.1, 0.15) is 19.8 Å². The van der Waals surface area contributed by atoms with E-state index in [9.17, 15) is 19.0 Å². The molecule has 340 valence electrons. The lowest BCUT2D eigenvalue weighted by Gasteiger charge is -2.28. The van der Waals surface area contributed by atoms with Gasteiger partial charge in [-0.25, -0.2) is 0 Å². The highest BCUT2D eigenvalue weighted by Crippen LogP contribution is 2.38. The van der Waals surface area contributed by atoms with Gasteiger partial charge in [-0.1, -0.05) is 159 Å². The Morgan fingerprint density at radius 1 is 0.534 bits per heavy atom. The molecule has 0 heterocycles. The average molecular weight is 840 g/mol. The van der Waals surface area contributed by atoms with E-state index in [1.807, 2.05) is 21.1 Å². The van der Waals surface area contributed by atoms with Crippen molar-refractivity contribution in [3.63, 3.8) is 0 Å². The maximum Gasteiger partial charge on any atom is 0.306 e. The standard InChI is InChI=1S/C48H90NO8P/c1-6-8-10-12-14-16-18-20-22-24-26-28-30-32-34-36-38-40-47(50)54-44-46(45-56-58(52,53)55-43-42-49(3,4)5)57-48(51)41-39-37-35-33-31-29-27-25-23-21-19-17-15-13-11-9-7-2/h14,16,20-23,46H,6-13,15,17-19,24-45H2,1-5H3/b16-14-,22-20-,23-21-/t46-/m1/s1. The minimum absolute atomic E-state index is 0.0330. The predicted molar refractivity (Wildman–Crippen MR) is 241 cm³/mol. The van der Waals surface area contributed by atoms with Crippen molar-refractivity contribution in [2.75, 3.05) is 47.5 Å². The second-order valence-electron chi connectivity index (χ2n) is 17.1. The number of allylic oxidation sites excluding steroid dienone is 6. The van der Waals surface area contributed by atoms with Gasteiger partial charge in [0, 0.05) is 12.8 Å². The molecule has 0 spiro atoms. The van der Waals surface area contributed by atoms with Crippen molar-refractivity contribution >= 4 is 19.8 Å². The van der Waals surface area contributed by atoms with Crippen LogP contribution in [0.4, 0.5) is 0 Å². The zero-order valence-corrected chi connectivity index (χ0v) is 39.1. The molecule has 0 amide bonds. The molecule has 0 radical (unpaired) electrons. The van der Waals surface area contributed by atoms with E-state index in [2.05, 4.69) is 50.3 Å². The second-order valence-corrected chi connectivity index (χ2v) is 18.5. The van der Waals surface area contributed by atoms with Gasteiger partial charge in [0.25, 0.3) is 7.82 Å². The van der Waals surface area contributed by atoms with Crippen molar-refractivity contribution in [3.8, 4) is 0 Å². The molecular weight excluding hydrogens is 750 g/mol. The highest BCUT2D eigenvalue weighted by Gasteiger charge is 2.21. The van der Waals surface area contributed by atoms with Crippen LogP contribution in [0.25, 0.3) is 0 Å². The number of quaternary nitrogens is 1. The van der Waals surface area contributed by atoms with Crippen LogP contribution in [0.2, 0.25) is 0 Å². The summed E-state index contributed by atoms with van der Waals surface area (Å²) in [6.45, 7) is 4.20. The number of hydrogen-bond acceptors (Lipinski definition) is 8. The van der Waals surface area contributed by atoms with E-state index in [1.54, 1.807) is 0 Å². The molecule has 0 aliphatic carbocycles. The molecule has 58 heavy (non-hydrogen) atoms. The number of phosphoric ester groups is 1. The van der Waals surface area contributed by atoms with Crippen LogP contribution in [-0.2, 0) is 32.7 Å². The first kappa shape index (κ1) is 56.2. The SMILES string of the molecule is CCCCC/C=C\C/C=C\CCCCCCCCCC(=O)OC[C@H](COP(=O)([O-])OCC[N+](C)(C)C)OC(=O)CCCCCCCCC/C=C\CCCCCCCC. The lowest BCUT2D eigenvalue weighted by molar-refractivity contribution is -0.870. The topological polar surface area (TPSA) is 111 Å². The van der Waals surface area contributed by atoms with Gasteiger partial charge in [0.2, 0.25) is 0 Å². The van der Waals surface area contributed by atoms with Gasteiger partial charge in [-0.3, -0.25) is 14.2 Å². The first-order valence-electron chi connectivity index (χ1n) is 23.7. The number of nitrogens with zero attached hydrogens (tertiary/aromatic N) is 1. The number of likely N-dealkylation sites (N-methyl/N-ethyl adjacent to an activating group) is 1. The zero-order chi connectivity index (χ0) is 42.8. The van der Waals surface area contributed by atoms with E-state index in [1.165, 1.54) is 109 Å². The van der Waals surface area contributed by atoms with Crippen LogP contribution in [0, 0.1) is 0 Å². The summed E-state index contributed by atoms with van der Waals surface area (Å²) in [5, 5.41) is 0. The Hall–Kier alpha value is -1.77. The van der Waals surface area contributed by atoms with Crippen LogP contribution in [0.5, 0.6) is 0 Å². The van der Waals surface area contributed by atoms with Crippen molar-refractivity contribution in [1.82, 2.24) is 0 Å². The Balaban J connectivity index is 4.33. The lowest BCUT2D eigenvalue weighted by atomic mass is 10.1. The molecule has 0 fully saturated rings. The van der Waals surface area contributed by atoms with E-state index >= 15 is 0 Å². The first-order chi connectivity index (χ1) is 28.0. The number of ether oxygens (including phenoxy) is 2. The van der Waals surface area contributed by atoms with Gasteiger partial charge >= 0.3 is 11.9 Å². The Morgan fingerprint density at radius 3 is 1.41 bits per heavy atom. The lowest BCUT2D eigenvalue weighted by Crippen LogP contribution is -2.37. The molecule has 0 aliphatic rings. The summed E-state index contributed by atoms with van der Waals surface area (Å²) in [6.07, 6.45) is 45.9. The molecule has 0 aromatic carbocycles. The Labute approximate surface area is 357 Å². The van der Waals surface area contributed by atoms with Crippen molar-refractivity contribution < 1.29 is 42.1 Å². The molecular formula is C48H90NO8P. The van der Waals surface area contributed by atoms with Gasteiger partial charge in [0.05, 0.1) is 27.7 Å². The van der Waals surface area contributed by atoms with Gasteiger partial charge in [-0.2, -0.15) is 0 Å². The zero-order valence-electron chi connectivity index (χ0n) is 38.2. The Bertz CT molecular complexity index is 1090. The number of rotatable bonds is 43. The van der Waals surface area contributed by atoms with Crippen LogP contribution in [0.15, 0.2) is 36.5 Å².